The monoisotopic (exact) mass is 202 g/mol. The van der Waals surface area contributed by atoms with E-state index in [1.807, 2.05) is 6.07 Å². The van der Waals surface area contributed by atoms with Crippen molar-refractivity contribution in [3.63, 3.8) is 0 Å². The standard InChI is InChI=1S/C11H14N4/c1-7-3-4-9(5-8(7)2)10-6-15(13)11(12)14-10/h3-6H,13H2,1-2H3,(H2,12,14). The summed E-state index contributed by atoms with van der Waals surface area (Å²) in [5.41, 5.74) is 9.91. The van der Waals surface area contributed by atoms with E-state index >= 15 is 0 Å². The third-order valence-electron chi connectivity index (χ3n) is 2.56. The van der Waals surface area contributed by atoms with E-state index in [9.17, 15) is 0 Å². The Hall–Kier alpha value is -1.97. The van der Waals surface area contributed by atoms with Gasteiger partial charge in [0, 0.05) is 5.56 Å². The minimum absolute atomic E-state index is 0.322. The van der Waals surface area contributed by atoms with Crippen LogP contribution in [-0.2, 0) is 0 Å². The number of aryl methyl sites for hydroxylation is 2. The van der Waals surface area contributed by atoms with Crippen LogP contribution < -0.4 is 11.6 Å². The van der Waals surface area contributed by atoms with Crippen molar-refractivity contribution in [2.45, 2.75) is 13.8 Å². The molecule has 4 nitrogen and oxygen atoms in total. The second kappa shape index (κ2) is 3.31. The predicted octanol–water partition coefficient (Wildman–Crippen LogP) is 1.46. The highest BCUT2D eigenvalue weighted by atomic mass is 15.3. The van der Waals surface area contributed by atoms with Gasteiger partial charge in [-0.3, -0.25) is 0 Å². The van der Waals surface area contributed by atoms with Gasteiger partial charge < -0.3 is 11.6 Å². The van der Waals surface area contributed by atoms with Gasteiger partial charge in [-0.15, -0.1) is 0 Å². The molecule has 0 amide bonds. The number of benzene rings is 1. The molecule has 0 radical (unpaired) electrons. The van der Waals surface area contributed by atoms with Crippen molar-refractivity contribution in [2.24, 2.45) is 0 Å². The molecule has 0 aliphatic heterocycles. The summed E-state index contributed by atoms with van der Waals surface area (Å²) in [6.45, 7) is 4.15. The van der Waals surface area contributed by atoms with E-state index < -0.39 is 0 Å². The number of nitrogens with zero attached hydrogens (tertiary/aromatic N) is 2. The lowest BCUT2D eigenvalue weighted by Crippen LogP contribution is -2.09. The van der Waals surface area contributed by atoms with Crippen LogP contribution >= 0.6 is 0 Å². The van der Waals surface area contributed by atoms with Crippen LogP contribution in [0.1, 0.15) is 11.1 Å². The van der Waals surface area contributed by atoms with Gasteiger partial charge in [0.15, 0.2) is 0 Å². The average Bonchev–Trinajstić information content (AvgIpc) is 2.52. The van der Waals surface area contributed by atoms with Crippen molar-refractivity contribution in [1.82, 2.24) is 9.66 Å². The third kappa shape index (κ3) is 1.66. The van der Waals surface area contributed by atoms with E-state index in [0.717, 1.165) is 11.3 Å². The molecule has 15 heavy (non-hydrogen) atoms. The predicted molar refractivity (Wildman–Crippen MR) is 61.7 cm³/mol. The zero-order chi connectivity index (χ0) is 11.0. The minimum Gasteiger partial charge on any atom is -0.368 e. The molecule has 2 rings (SSSR count). The maximum Gasteiger partial charge on any atom is 0.219 e. The molecule has 0 bridgehead atoms. The minimum atomic E-state index is 0.322. The van der Waals surface area contributed by atoms with Gasteiger partial charge in [-0.1, -0.05) is 12.1 Å². The Morgan fingerprint density at radius 1 is 1.20 bits per heavy atom. The topological polar surface area (TPSA) is 69.9 Å². The molecule has 0 aliphatic rings. The van der Waals surface area contributed by atoms with Crippen molar-refractivity contribution in [1.29, 1.82) is 0 Å². The first-order valence-corrected chi connectivity index (χ1v) is 4.75. The molecule has 1 aromatic carbocycles. The van der Waals surface area contributed by atoms with Crippen LogP contribution in [0, 0.1) is 13.8 Å². The second-order valence-electron chi connectivity index (χ2n) is 3.69. The molecule has 0 atom stereocenters. The molecular formula is C11H14N4. The number of anilines is 1. The zero-order valence-electron chi connectivity index (χ0n) is 8.86. The van der Waals surface area contributed by atoms with Crippen molar-refractivity contribution in [3.05, 3.63) is 35.5 Å². The van der Waals surface area contributed by atoms with Gasteiger partial charge in [-0.2, -0.15) is 0 Å². The molecule has 4 N–H and O–H groups in total. The number of imidazole rings is 1. The first-order valence-electron chi connectivity index (χ1n) is 4.75. The Labute approximate surface area is 88.5 Å². The molecule has 1 heterocycles. The summed E-state index contributed by atoms with van der Waals surface area (Å²) in [6.07, 6.45) is 1.72. The number of nitrogen functional groups attached to an aromatic ring is 2. The number of rotatable bonds is 1. The Kier molecular flexibility index (Phi) is 2.11. The Morgan fingerprint density at radius 2 is 1.93 bits per heavy atom. The van der Waals surface area contributed by atoms with Crippen molar-refractivity contribution >= 4 is 5.95 Å². The largest absolute Gasteiger partial charge is 0.368 e. The molecule has 0 spiro atoms. The summed E-state index contributed by atoms with van der Waals surface area (Å²) >= 11 is 0. The highest BCUT2D eigenvalue weighted by molar-refractivity contribution is 5.62. The van der Waals surface area contributed by atoms with E-state index in [1.54, 1.807) is 6.20 Å². The summed E-state index contributed by atoms with van der Waals surface area (Å²) in [6, 6.07) is 6.16. The maximum absolute atomic E-state index is 5.58. The summed E-state index contributed by atoms with van der Waals surface area (Å²) in [5, 5.41) is 0. The molecule has 2 aromatic rings. The summed E-state index contributed by atoms with van der Waals surface area (Å²) in [4.78, 5) is 4.17. The lowest BCUT2D eigenvalue weighted by atomic mass is 10.1. The molecule has 0 saturated carbocycles. The van der Waals surface area contributed by atoms with Crippen LogP contribution in [0.5, 0.6) is 0 Å². The SMILES string of the molecule is Cc1ccc(-c2cn(N)c(N)n2)cc1C. The van der Waals surface area contributed by atoms with Crippen LogP contribution in [0.2, 0.25) is 0 Å². The average molecular weight is 202 g/mol. The van der Waals surface area contributed by atoms with Gasteiger partial charge in [0.05, 0.1) is 11.9 Å². The Morgan fingerprint density at radius 3 is 2.47 bits per heavy atom. The van der Waals surface area contributed by atoms with Gasteiger partial charge >= 0.3 is 0 Å². The van der Waals surface area contributed by atoms with E-state index in [0.29, 0.717) is 5.95 Å². The highest BCUT2D eigenvalue weighted by Gasteiger charge is 2.05. The van der Waals surface area contributed by atoms with Gasteiger partial charge in [0.25, 0.3) is 0 Å². The Balaban J connectivity index is 2.49. The summed E-state index contributed by atoms with van der Waals surface area (Å²) in [7, 11) is 0. The van der Waals surface area contributed by atoms with Crippen LogP contribution in [0.25, 0.3) is 11.3 Å². The lowest BCUT2D eigenvalue weighted by molar-refractivity contribution is 1.02. The van der Waals surface area contributed by atoms with E-state index in [1.165, 1.54) is 15.8 Å². The van der Waals surface area contributed by atoms with Gasteiger partial charge in [-0.05, 0) is 31.0 Å². The van der Waals surface area contributed by atoms with Gasteiger partial charge in [-0.25, -0.2) is 9.66 Å². The number of nitrogens with two attached hydrogens (primary N) is 2. The van der Waals surface area contributed by atoms with Gasteiger partial charge in [0.1, 0.15) is 0 Å². The molecule has 4 heteroatoms. The zero-order valence-corrected chi connectivity index (χ0v) is 8.86. The number of hydrogen-bond acceptors (Lipinski definition) is 3. The number of aromatic nitrogens is 2. The Bertz CT molecular complexity index is 480. The molecule has 0 unspecified atom stereocenters. The molecule has 0 fully saturated rings. The summed E-state index contributed by atoms with van der Waals surface area (Å²) < 4.78 is 1.32. The molecule has 0 saturated heterocycles. The van der Waals surface area contributed by atoms with Crippen LogP contribution in [-0.4, -0.2) is 9.66 Å². The first kappa shape index (κ1) is 9.58. The van der Waals surface area contributed by atoms with Crippen LogP contribution in [0.3, 0.4) is 0 Å². The lowest BCUT2D eigenvalue weighted by Gasteiger charge is -2.01. The summed E-state index contributed by atoms with van der Waals surface area (Å²) in [5.74, 6) is 5.90. The fraction of sp³-hybridized carbons (Fsp3) is 0.182. The maximum atomic E-state index is 5.58. The highest BCUT2D eigenvalue weighted by Crippen LogP contribution is 2.21. The van der Waals surface area contributed by atoms with E-state index in [4.69, 9.17) is 11.6 Å². The van der Waals surface area contributed by atoms with Crippen molar-refractivity contribution < 1.29 is 0 Å². The smallest absolute Gasteiger partial charge is 0.219 e. The second-order valence-corrected chi connectivity index (χ2v) is 3.69. The van der Waals surface area contributed by atoms with E-state index in [2.05, 4.69) is 31.0 Å². The van der Waals surface area contributed by atoms with Crippen molar-refractivity contribution in [3.8, 4) is 11.3 Å². The molecule has 78 valence electrons. The quantitative estimate of drug-likeness (QED) is 0.688. The van der Waals surface area contributed by atoms with Gasteiger partial charge in [0.2, 0.25) is 5.95 Å². The fourth-order valence-electron chi connectivity index (χ4n) is 1.45. The molecular weight excluding hydrogens is 188 g/mol. The third-order valence-corrected chi connectivity index (χ3v) is 2.56. The normalized spacial score (nSPS) is 10.5. The van der Waals surface area contributed by atoms with Crippen molar-refractivity contribution in [2.75, 3.05) is 11.6 Å². The van der Waals surface area contributed by atoms with Crippen LogP contribution in [0.15, 0.2) is 24.4 Å². The molecule has 1 aromatic heterocycles. The van der Waals surface area contributed by atoms with E-state index in [-0.39, 0.29) is 0 Å². The first-order chi connectivity index (χ1) is 7.08. The number of hydrogen-bond donors (Lipinski definition) is 2. The van der Waals surface area contributed by atoms with Crippen LogP contribution in [0.4, 0.5) is 5.95 Å². The molecule has 0 aliphatic carbocycles. The fourth-order valence-corrected chi connectivity index (χ4v) is 1.45.